The highest BCUT2D eigenvalue weighted by molar-refractivity contribution is 5.47. The van der Waals surface area contributed by atoms with Crippen LogP contribution in [0.5, 0.6) is 0 Å². The van der Waals surface area contributed by atoms with E-state index in [4.69, 9.17) is 0 Å². The molecule has 0 N–H and O–H groups in total. The molecule has 0 saturated carbocycles. The zero-order chi connectivity index (χ0) is 17.9. The molecule has 2 saturated heterocycles. The molecule has 0 unspecified atom stereocenters. The van der Waals surface area contributed by atoms with Crippen LogP contribution in [0.3, 0.4) is 0 Å². The standard InChI is InChI=1S/C19H27FN6/c1-24-18(14-25-9-3-2-4-10-25)22-23-19(24)15-6-5-11-26(13-15)17-7-8-21-12-16(17)20/h7-8,12,15H,2-6,9-11,13-14H2,1H3/t15-/m1/s1. The third kappa shape index (κ3) is 3.58. The van der Waals surface area contributed by atoms with Gasteiger partial charge >= 0.3 is 0 Å². The zero-order valence-corrected chi connectivity index (χ0v) is 15.4. The molecule has 2 aromatic heterocycles. The summed E-state index contributed by atoms with van der Waals surface area (Å²) >= 11 is 0. The van der Waals surface area contributed by atoms with Gasteiger partial charge in [0.25, 0.3) is 0 Å². The van der Waals surface area contributed by atoms with Crippen LogP contribution in [0.4, 0.5) is 10.1 Å². The van der Waals surface area contributed by atoms with Crippen molar-refractivity contribution in [2.75, 3.05) is 31.1 Å². The third-order valence-electron chi connectivity index (χ3n) is 5.69. The predicted octanol–water partition coefficient (Wildman–Crippen LogP) is 2.72. The van der Waals surface area contributed by atoms with Crippen molar-refractivity contribution in [3.8, 4) is 0 Å². The first-order valence-corrected chi connectivity index (χ1v) is 9.67. The number of hydrogen-bond donors (Lipinski definition) is 0. The lowest BCUT2D eigenvalue weighted by molar-refractivity contribution is 0.213. The van der Waals surface area contributed by atoms with E-state index in [1.807, 2.05) is 0 Å². The number of piperidine rings is 2. The molecule has 2 aromatic rings. The summed E-state index contributed by atoms with van der Waals surface area (Å²) in [7, 11) is 2.07. The molecular weight excluding hydrogens is 331 g/mol. The Morgan fingerprint density at radius 2 is 1.96 bits per heavy atom. The van der Waals surface area contributed by atoms with Gasteiger partial charge in [0.05, 0.1) is 18.4 Å². The molecule has 6 nitrogen and oxygen atoms in total. The zero-order valence-electron chi connectivity index (χ0n) is 15.4. The maximum Gasteiger partial charge on any atom is 0.164 e. The van der Waals surface area contributed by atoms with E-state index < -0.39 is 0 Å². The molecule has 0 amide bonds. The number of nitrogens with zero attached hydrogens (tertiary/aromatic N) is 6. The Kier molecular flexibility index (Phi) is 5.15. The minimum Gasteiger partial charge on any atom is -0.368 e. The summed E-state index contributed by atoms with van der Waals surface area (Å²) in [5, 5.41) is 8.98. The molecule has 1 atom stereocenters. The van der Waals surface area contributed by atoms with Crippen LogP contribution in [0, 0.1) is 5.82 Å². The normalized spacial score (nSPS) is 21.9. The fraction of sp³-hybridized carbons (Fsp3) is 0.632. The highest BCUT2D eigenvalue weighted by atomic mass is 19.1. The highest BCUT2D eigenvalue weighted by Crippen LogP contribution is 2.30. The van der Waals surface area contributed by atoms with Gasteiger partial charge in [0.15, 0.2) is 5.82 Å². The number of aromatic nitrogens is 4. The Morgan fingerprint density at radius 1 is 1.12 bits per heavy atom. The lowest BCUT2D eigenvalue weighted by atomic mass is 9.96. The van der Waals surface area contributed by atoms with Crippen molar-refractivity contribution in [1.29, 1.82) is 0 Å². The van der Waals surface area contributed by atoms with Crippen LogP contribution in [0.15, 0.2) is 18.5 Å². The first-order chi connectivity index (χ1) is 12.7. The number of pyridine rings is 1. The van der Waals surface area contributed by atoms with Crippen LogP contribution in [-0.2, 0) is 13.6 Å². The van der Waals surface area contributed by atoms with Crippen molar-refractivity contribution in [3.63, 3.8) is 0 Å². The van der Waals surface area contributed by atoms with Gasteiger partial charge in [-0.05, 0) is 44.8 Å². The molecule has 0 aliphatic carbocycles. The summed E-state index contributed by atoms with van der Waals surface area (Å²) in [4.78, 5) is 8.44. The van der Waals surface area contributed by atoms with Crippen molar-refractivity contribution in [3.05, 3.63) is 35.9 Å². The van der Waals surface area contributed by atoms with Crippen molar-refractivity contribution < 1.29 is 4.39 Å². The van der Waals surface area contributed by atoms with Crippen LogP contribution in [0.1, 0.15) is 49.7 Å². The van der Waals surface area contributed by atoms with E-state index >= 15 is 0 Å². The number of likely N-dealkylation sites (tertiary alicyclic amines) is 1. The van der Waals surface area contributed by atoms with E-state index in [9.17, 15) is 4.39 Å². The second-order valence-electron chi connectivity index (χ2n) is 7.48. The lowest BCUT2D eigenvalue weighted by Crippen LogP contribution is -2.36. The van der Waals surface area contributed by atoms with E-state index in [2.05, 4.69) is 36.6 Å². The van der Waals surface area contributed by atoms with Gasteiger partial charge in [0, 0.05) is 32.3 Å². The molecule has 2 aliphatic heterocycles. The number of hydrogen-bond acceptors (Lipinski definition) is 5. The van der Waals surface area contributed by atoms with Crippen LogP contribution >= 0.6 is 0 Å². The highest BCUT2D eigenvalue weighted by Gasteiger charge is 2.27. The van der Waals surface area contributed by atoms with Gasteiger partial charge in [-0.25, -0.2) is 4.39 Å². The SMILES string of the molecule is Cn1c(CN2CCCCC2)nnc1[C@@H]1CCCN(c2ccncc2F)C1. The fourth-order valence-corrected chi connectivity index (χ4v) is 4.22. The second kappa shape index (κ2) is 7.70. The predicted molar refractivity (Wildman–Crippen MR) is 98.5 cm³/mol. The molecule has 0 bridgehead atoms. The third-order valence-corrected chi connectivity index (χ3v) is 5.69. The van der Waals surface area contributed by atoms with E-state index in [1.165, 1.54) is 25.5 Å². The van der Waals surface area contributed by atoms with E-state index in [-0.39, 0.29) is 11.7 Å². The van der Waals surface area contributed by atoms with Gasteiger partial charge in [-0.1, -0.05) is 6.42 Å². The first kappa shape index (κ1) is 17.4. The molecule has 0 spiro atoms. The Hall–Kier alpha value is -2.02. The second-order valence-corrected chi connectivity index (χ2v) is 7.48. The summed E-state index contributed by atoms with van der Waals surface area (Å²) in [5.74, 6) is 2.09. The number of anilines is 1. The van der Waals surface area contributed by atoms with Crippen molar-refractivity contribution in [1.82, 2.24) is 24.6 Å². The first-order valence-electron chi connectivity index (χ1n) is 9.67. The average molecular weight is 358 g/mol. The molecular formula is C19H27FN6. The molecule has 2 aliphatic rings. The van der Waals surface area contributed by atoms with Crippen LogP contribution in [0.25, 0.3) is 0 Å². The quantitative estimate of drug-likeness (QED) is 0.841. The largest absolute Gasteiger partial charge is 0.368 e. The Labute approximate surface area is 154 Å². The summed E-state index contributed by atoms with van der Waals surface area (Å²) < 4.78 is 16.3. The molecule has 0 radical (unpaired) electrons. The molecule has 2 fully saturated rings. The molecule has 7 heteroatoms. The van der Waals surface area contributed by atoms with Gasteiger partial charge in [-0.3, -0.25) is 9.88 Å². The van der Waals surface area contributed by atoms with Crippen LogP contribution < -0.4 is 4.90 Å². The van der Waals surface area contributed by atoms with Crippen molar-refractivity contribution in [2.45, 2.75) is 44.6 Å². The Bertz CT molecular complexity index is 739. The summed E-state index contributed by atoms with van der Waals surface area (Å²) in [6.45, 7) is 4.83. The average Bonchev–Trinajstić information content (AvgIpc) is 3.03. The van der Waals surface area contributed by atoms with E-state index in [0.29, 0.717) is 5.69 Å². The number of halogens is 1. The molecule has 4 heterocycles. The minimum atomic E-state index is -0.253. The molecule has 4 rings (SSSR count). The van der Waals surface area contributed by atoms with Gasteiger partial charge in [0.1, 0.15) is 11.6 Å². The Balaban J connectivity index is 1.48. The van der Waals surface area contributed by atoms with Crippen LogP contribution in [-0.4, -0.2) is 50.8 Å². The van der Waals surface area contributed by atoms with E-state index in [1.54, 1.807) is 12.3 Å². The van der Waals surface area contributed by atoms with E-state index in [0.717, 1.165) is 57.2 Å². The smallest absolute Gasteiger partial charge is 0.164 e. The maximum absolute atomic E-state index is 14.1. The van der Waals surface area contributed by atoms with Crippen molar-refractivity contribution in [2.24, 2.45) is 7.05 Å². The topological polar surface area (TPSA) is 50.1 Å². The van der Waals surface area contributed by atoms with Gasteiger partial charge in [-0.15, -0.1) is 10.2 Å². The molecule has 0 aromatic carbocycles. The Morgan fingerprint density at radius 3 is 2.77 bits per heavy atom. The van der Waals surface area contributed by atoms with Crippen molar-refractivity contribution >= 4 is 5.69 Å². The fourth-order valence-electron chi connectivity index (χ4n) is 4.22. The van der Waals surface area contributed by atoms with Crippen LogP contribution in [0.2, 0.25) is 0 Å². The van der Waals surface area contributed by atoms with Gasteiger partial charge in [-0.2, -0.15) is 0 Å². The summed E-state index contributed by atoms with van der Waals surface area (Å²) in [5.41, 5.74) is 0.639. The van der Waals surface area contributed by atoms with Gasteiger partial charge in [0.2, 0.25) is 0 Å². The summed E-state index contributed by atoms with van der Waals surface area (Å²) in [6, 6.07) is 1.76. The monoisotopic (exact) mass is 358 g/mol. The van der Waals surface area contributed by atoms with Gasteiger partial charge < -0.3 is 9.47 Å². The summed E-state index contributed by atoms with van der Waals surface area (Å²) in [6.07, 6.45) is 8.93. The molecule has 26 heavy (non-hydrogen) atoms. The minimum absolute atomic E-state index is 0.253. The number of rotatable bonds is 4. The molecule has 140 valence electrons. The lowest BCUT2D eigenvalue weighted by Gasteiger charge is -2.34. The maximum atomic E-state index is 14.1.